The molecule has 0 aromatic heterocycles. The third kappa shape index (κ3) is 3.47. The molecule has 0 aliphatic heterocycles. The van der Waals surface area contributed by atoms with Crippen LogP contribution in [0.2, 0.25) is 0 Å². The number of hydrogen-bond acceptors (Lipinski definition) is 2. The van der Waals surface area contributed by atoms with Crippen molar-refractivity contribution in [1.82, 2.24) is 0 Å². The molecule has 2 nitrogen and oxygen atoms in total. The Kier molecular flexibility index (Phi) is 4.43. The molecule has 0 aliphatic carbocycles. The first-order chi connectivity index (χ1) is 9.10. The SMILES string of the molecule is COc1cccc(NC(C)c2ccc(F)c(Br)c2)c1. The molecule has 4 heteroatoms. The van der Waals surface area contributed by atoms with E-state index in [1.54, 1.807) is 19.2 Å². The summed E-state index contributed by atoms with van der Waals surface area (Å²) in [6.07, 6.45) is 0. The summed E-state index contributed by atoms with van der Waals surface area (Å²) in [7, 11) is 1.64. The molecule has 1 N–H and O–H groups in total. The number of rotatable bonds is 4. The van der Waals surface area contributed by atoms with Gasteiger partial charge in [0.15, 0.2) is 0 Å². The van der Waals surface area contributed by atoms with Gasteiger partial charge in [-0.15, -0.1) is 0 Å². The maximum absolute atomic E-state index is 13.2. The molecule has 0 saturated heterocycles. The molecule has 0 heterocycles. The molecular weight excluding hydrogens is 309 g/mol. The van der Waals surface area contributed by atoms with Crippen LogP contribution >= 0.6 is 15.9 Å². The fourth-order valence-corrected chi connectivity index (χ4v) is 2.22. The molecule has 0 bridgehead atoms. The van der Waals surface area contributed by atoms with E-state index < -0.39 is 0 Å². The number of ether oxygens (including phenoxy) is 1. The Hall–Kier alpha value is -1.55. The van der Waals surface area contributed by atoms with Gasteiger partial charge in [0.25, 0.3) is 0 Å². The summed E-state index contributed by atoms with van der Waals surface area (Å²) in [5.74, 6) is 0.551. The highest BCUT2D eigenvalue weighted by molar-refractivity contribution is 9.10. The average molecular weight is 324 g/mol. The maximum Gasteiger partial charge on any atom is 0.137 e. The lowest BCUT2D eigenvalue weighted by molar-refractivity contribution is 0.415. The van der Waals surface area contributed by atoms with Crippen LogP contribution in [0.3, 0.4) is 0 Å². The third-order valence-electron chi connectivity index (χ3n) is 2.90. The molecule has 1 unspecified atom stereocenters. The van der Waals surface area contributed by atoms with Crippen LogP contribution in [0.15, 0.2) is 46.9 Å². The van der Waals surface area contributed by atoms with Crippen LogP contribution in [0.5, 0.6) is 5.75 Å². The number of halogens is 2. The zero-order valence-electron chi connectivity index (χ0n) is 10.8. The normalized spacial score (nSPS) is 12.0. The smallest absolute Gasteiger partial charge is 0.137 e. The van der Waals surface area contributed by atoms with E-state index >= 15 is 0 Å². The topological polar surface area (TPSA) is 21.3 Å². The highest BCUT2D eigenvalue weighted by Crippen LogP contribution is 2.25. The van der Waals surface area contributed by atoms with Gasteiger partial charge in [0.05, 0.1) is 11.6 Å². The Morgan fingerprint density at radius 3 is 2.68 bits per heavy atom. The first kappa shape index (κ1) is 13.9. The summed E-state index contributed by atoms with van der Waals surface area (Å²) in [6, 6.07) is 12.8. The minimum atomic E-state index is -0.252. The zero-order valence-corrected chi connectivity index (χ0v) is 12.4. The monoisotopic (exact) mass is 323 g/mol. The van der Waals surface area contributed by atoms with E-state index in [9.17, 15) is 4.39 Å². The second kappa shape index (κ2) is 6.06. The van der Waals surface area contributed by atoms with Crippen molar-refractivity contribution in [3.8, 4) is 5.75 Å². The zero-order chi connectivity index (χ0) is 13.8. The number of methoxy groups -OCH3 is 1. The largest absolute Gasteiger partial charge is 0.497 e. The fourth-order valence-electron chi connectivity index (χ4n) is 1.83. The second-order valence-electron chi connectivity index (χ2n) is 4.27. The molecule has 19 heavy (non-hydrogen) atoms. The van der Waals surface area contributed by atoms with E-state index in [0.717, 1.165) is 17.0 Å². The quantitative estimate of drug-likeness (QED) is 0.875. The standard InChI is InChI=1S/C15H15BrFNO/c1-10(11-6-7-15(17)14(16)8-11)18-12-4-3-5-13(9-12)19-2/h3-10,18H,1-2H3. The molecule has 0 radical (unpaired) electrons. The Balaban J connectivity index is 2.15. The van der Waals surface area contributed by atoms with E-state index in [2.05, 4.69) is 21.2 Å². The van der Waals surface area contributed by atoms with Crippen molar-refractivity contribution >= 4 is 21.6 Å². The summed E-state index contributed by atoms with van der Waals surface area (Å²) >= 11 is 3.20. The van der Waals surface area contributed by atoms with Gasteiger partial charge in [-0.25, -0.2) is 4.39 Å². The number of hydrogen-bond donors (Lipinski definition) is 1. The highest BCUT2D eigenvalue weighted by atomic mass is 79.9. The minimum absolute atomic E-state index is 0.0732. The van der Waals surface area contributed by atoms with E-state index in [4.69, 9.17) is 4.74 Å². The Labute approximate surface area is 120 Å². The van der Waals surface area contributed by atoms with E-state index in [-0.39, 0.29) is 11.9 Å². The summed E-state index contributed by atoms with van der Waals surface area (Å²) < 4.78 is 18.9. The van der Waals surface area contributed by atoms with Crippen LogP contribution in [-0.4, -0.2) is 7.11 Å². The van der Waals surface area contributed by atoms with Gasteiger partial charge in [0, 0.05) is 17.8 Å². The van der Waals surface area contributed by atoms with Gasteiger partial charge in [-0.1, -0.05) is 12.1 Å². The predicted molar refractivity (Wildman–Crippen MR) is 79.1 cm³/mol. The first-order valence-electron chi connectivity index (χ1n) is 5.95. The maximum atomic E-state index is 13.2. The lowest BCUT2D eigenvalue weighted by Crippen LogP contribution is -2.06. The molecule has 2 aromatic rings. The number of benzene rings is 2. The van der Waals surface area contributed by atoms with Gasteiger partial charge in [-0.05, 0) is 52.7 Å². The lowest BCUT2D eigenvalue weighted by Gasteiger charge is -2.16. The number of nitrogens with one attached hydrogen (secondary N) is 1. The van der Waals surface area contributed by atoms with Gasteiger partial charge in [0.1, 0.15) is 11.6 Å². The van der Waals surface area contributed by atoms with Crippen LogP contribution in [0.1, 0.15) is 18.5 Å². The fraction of sp³-hybridized carbons (Fsp3) is 0.200. The van der Waals surface area contributed by atoms with Crippen molar-refractivity contribution in [2.24, 2.45) is 0 Å². The van der Waals surface area contributed by atoms with Crippen LogP contribution in [-0.2, 0) is 0 Å². The molecule has 2 aromatic carbocycles. The van der Waals surface area contributed by atoms with Crippen molar-refractivity contribution < 1.29 is 9.13 Å². The van der Waals surface area contributed by atoms with Crippen molar-refractivity contribution in [2.45, 2.75) is 13.0 Å². The van der Waals surface area contributed by atoms with E-state index in [0.29, 0.717) is 4.47 Å². The predicted octanol–water partition coefficient (Wildman–Crippen LogP) is 4.77. The Morgan fingerprint density at radius 1 is 1.21 bits per heavy atom. The molecule has 0 aliphatic rings. The molecule has 2 rings (SSSR count). The van der Waals surface area contributed by atoms with Crippen molar-refractivity contribution in [1.29, 1.82) is 0 Å². The van der Waals surface area contributed by atoms with Crippen LogP contribution in [0, 0.1) is 5.82 Å². The molecule has 0 fully saturated rings. The molecule has 100 valence electrons. The summed E-state index contributed by atoms with van der Waals surface area (Å²) in [4.78, 5) is 0. The number of anilines is 1. The minimum Gasteiger partial charge on any atom is -0.497 e. The third-order valence-corrected chi connectivity index (χ3v) is 3.50. The second-order valence-corrected chi connectivity index (χ2v) is 5.13. The van der Waals surface area contributed by atoms with E-state index in [1.165, 1.54) is 6.07 Å². The Bertz CT molecular complexity index is 574. The van der Waals surface area contributed by atoms with Gasteiger partial charge < -0.3 is 10.1 Å². The van der Waals surface area contributed by atoms with Gasteiger partial charge in [-0.3, -0.25) is 0 Å². The molecule has 0 saturated carbocycles. The Morgan fingerprint density at radius 2 is 2.00 bits per heavy atom. The molecule has 0 amide bonds. The van der Waals surface area contributed by atoms with E-state index in [1.807, 2.05) is 31.2 Å². The van der Waals surface area contributed by atoms with Gasteiger partial charge >= 0.3 is 0 Å². The summed E-state index contributed by atoms with van der Waals surface area (Å²) in [6.45, 7) is 2.03. The van der Waals surface area contributed by atoms with Crippen molar-refractivity contribution in [2.75, 3.05) is 12.4 Å². The molecular formula is C15H15BrFNO. The van der Waals surface area contributed by atoms with Crippen molar-refractivity contribution in [3.05, 3.63) is 58.3 Å². The average Bonchev–Trinajstić information content (AvgIpc) is 2.42. The van der Waals surface area contributed by atoms with Gasteiger partial charge in [0.2, 0.25) is 0 Å². The highest BCUT2D eigenvalue weighted by Gasteiger charge is 2.08. The summed E-state index contributed by atoms with van der Waals surface area (Å²) in [5, 5.41) is 3.36. The lowest BCUT2D eigenvalue weighted by atomic mass is 10.1. The summed E-state index contributed by atoms with van der Waals surface area (Å²) in [5.41, 5.74) is 1.98. The molecule has 1 atom stereocenters. The van der Waals surface area contributed by atoms with Crippen LogP contribution in [0.4, 0.5) is 10.1 Å². The van der Waals surface area contributed by atoms with Crippen LogP contribution in [0.25, 0.3) is 0 Å². The molecule has 0 spiro atoms. The van der Waals surface area contributed by atoms with Crippen LogP contribution < -0.4 is 10.1 Å². The first-order valence-corrected chi connectivity index (χ1v) is 6.75. The van der Waals surface area contributed by atoms with Crippen molar-refractivity contribution in [3.63, 3.8) is 0 Å². The van der Waals surface area contributed by atoms with Gasteiger partial charge in [-0.2, -0.15) is 0 Å².